The molecule has 3 N–H and O–H groups in total. The van der Waals surface area contributed by atoms with Crippen LogP contribution in [0.2, 0.25) is 0 Å². The van der Waals surface area contributed by atoms with Gasteiger partial charge < -0.3 is 11.1 Å². The second-order valence-corrected chi connectivity index (χ2v) is 4.40. The van der Waals surface area contributed by atoms with Crippen LogP contribution in [0, 0.1) is 11.6 Å². The summed E-state index contributed by atoms with van der Waals surface area (Å²) in [5.74, 6) is -1.88. The van der Waals surface area contributed by atoms with E-state index in [1.165, 1.54) is 6.07 Å². The highest BCUT2D eigenvalue weighted by molar-refractivity contribution is 5.78. The van der Waals surface area contributed by atoms with Crippen LogP contribution in [0.3, 0.4) is 0 Å². The number of carbonyl (C=O) groups is 1. The smallest absolute Gasteiger partial charge is 0.224 e. The summed E-state index contributed by atoms with van der Waals surface area (Å²) in [5.41, 5.74) is 6.81. The van der Waals surface area contributed by atoms with Gasteiger partial charge in [-0.25, -0.2) is 8.78 Å². The molecule has 0 saturated carbocycles. The molecular weight excluding hydrogens is 262 g/mol. The highest BCUT2D eigenvalue weighted by atomic mass is 19.1. The molecule has 5 heteroatoms. The molecule has 20 heavy (non-hydrogen) atoms. The molecular formula is C15H14F2N2O. The van der Waals surface area contributed by atoms with Gasteiger partial charge in [-0.2, -0.15) is 0 Å². The zero-order valence-electron chi connectivity index (χ0n) is 10.7. The Morgan fingerprint density at radius 2 is 1.75 bits per heavy atom. The molecule has 0 aromatic heterocycles. The first-order valence-electron chi connectivity index (χ1n) is 6.10. The van der Waals surface area contributed by atoms with Gasteiger partial charge in [0.2, 0.25) is 5.91 Å². The lowest BCUT2D eigenvalue weighted by Crippen LogP contribution is -2.25. The maximum absolute atomic E-state index is 13.4. The highest BCUT2D eigenvalue weighted by Gasteiger charge is 2.12. The second-order valence-electron chi connectivity index (χ2n) is 4.40. The van der Waals surface area contributed by atoms with Crippen LogP contribution in [-0.4, -0.2) is 5.91 Å². The topological polar surface area (TPSA) is 55.1 Å². The van der Waals surface area contributed by atoms with Gasteiger partial charge in [0.25, 0.3) is 0 Å². The summed E-state index contributed by atoms with van der Waals surface area (Å²) in [7, 11) is 0. The number of carbonyl (C=O) groups excluding carboxylic acids is 1. The Labute approximate surface area is 115 Å². The van der Waals surface area contributed by atoms with Gasteiger partial charge in [-0.05, 0) is 29.8 Å². The summed E-state index contributed by atoms with van der Waals surface area (Å²) in [6, 6.07) is 10.6. The van der Waals surface area contributed by atoms with Crippen molar-refractivity contribution in [1.29, 1.82) is 0 Å². The van der Waals surface area contributed by atoms with E-state index < -0.39 is 17.5 Å². The molecule has 0 fully saturated rings. The Kier molecular flexibility index (Phi) is 4.30. The van der Waals surface area contributed by atoms with Crippen molar-refractivity contribution in [3.63, 3.8) is 0 Å². The molecule has 0 aliphatic carbocycles. The quantitative estimate of drug-likeness (QED) is 0.843. The normalized spacial score (nSPS) is 10.3. The van der Waals surface area contributed by atoms with Gasteiger partial charge in [0.1, 0.15) is 11.6 Å². The van der Waals surface area contributed by atoms with E-state index in [0.29, 0.717) is 5.69 Å². The van der Waals surface area contributed by atoms with Crippen molar-refractivity contribution in [3.05, 3.63) is 65.2 Å². The fourth-order valence-corrected chi connectivity index (χ4v) is 1.83. The SMILES string of the molecule is Nc1cccc(CNC(=O)Cc2c(F)cccc2F)c1. The third-order valence-corrected chi connectivity index (χ3v) is 2.84. The average molecular weight is 276 g/mol. The number of amides is 1. The van der Waals surface area contributed by atoms with Gasteiger partial charge >= 0.3 is 0 Å². The fraction of sp³-hybridized carbons (Fsp3) is 0.133. The van der Waals surface area contributed by atoms with Gasteiger partial charge in [0, 0.05) is 17.8 Å². The molecule has 0 spiro atoms. The predicted octanol–water partition coefficient (Wildman–Crippen LogP) is 2.41. The minimum absolute atomic E-state index is 0.224. The number of nitrogens with one attached hydrogen (secondary N) is 1. The molecule has 1 amide bonds. The maximum atomic E-state index is 13.4. The highest BCUT2D eigenvalue weighted by Crippen LogP contribution is 2.12. The van der Waals surface area contributed by atoms with Crippen LogP contribution in [-0.2, 0) is 17.8 Å². The Hall–Kier alpha value is -2.43. The molecule has 3 nitrogen and oxygen atoms in total. The molecule has 0 unspecified atom stereocenters. The number of halogens is 2. The van der Waals surface area contributed by atoms with E-state index in [2.05, 4.69) is 5.32 Å². The zero-order chi connectivity index (χ0) is 14.5. The van der Waals surface area contributed by atoms with Crippen LogP contribution in [0.1, 0.15) is 11.1 Å². The van der Waals surface area contributed by atoms with Crippen molar-refractivity contribution < 1.29 is 13.6 Å². The summed E-state index contributed by atoms with van der Waals surface area (Å²) < 4.78 is 26.8. The molecule has 0 heterocycles. The van der Waals surface area contributed by atoms with Crippen LogP contribution < -0.4 is 11.1 Å². The number of nitrogens with two attached hydrogens (primary N) is 1. The fourth-order valence-electron chi connectivity index (χ4n) is 1.83. The third kappa shape index (κ3) is 3.54. The number of rotatable bonds is 4. The number of hydrogen-bond donors (Lipinski definition) is 2. The molecule has 104 valence electrons. The van der Waals surface area contributed by atoms with Crippen LogP contribution in [0.15, 0.2) is 42.5 Å². The van der Waals surface area contributed by atoms with E-state index in [1.54, 1.807) is 24.3 Å². The van der Waals surface area contributed by atoms with Crippen molar-refractivity contribution in [2.75, 3.05) is 5.73 Å². The minimum atomic E-state index is -0.718. The summed E-state index contributed by atoms with van der Waals surface area (Å²) >= 11 is 0. The van der Waals surface area contributed by atoms with Crippen LogP contribution in [0.4, 0.5) is 14.5 Å². The first kappa shape index (κ1) is 14.0. The van der Waals surface area contributed by atoms with Crippen LogP contribution >= 0.6 is 0 Å². The number of nitrogen functional groups attached to an aromatic ring is 1. The number of hydrogen-bond acceptors (Lipinski definition) is 2. The molecule has 2 aromatic carbocycles. The first-order chi connectivity index (χ1) is 9.56. The Morgan fingerprint density at radius 1 is 1.10 bits per heavy atom. The third-order valence-electron chi connectivity index (χ3n) is 2.84. The lowest BCUT2D eigenvalue weighted by molar-refractivity contribution is -0.120. The minimum Gasteiger partial charge on any atom is -0.399 e. The van der Waals surface area contributed by atoms with Gasteiger partial charge in [-0.1, -0.05) is 18.2 Å². The maximum Gasteiger partial charge on any atom is 0.224 e. The lowest BCUT2D eigenvalue weighted by atomic mass is 10.1. The largest absolute Gasteiger partial charge is 0.399 e. The molecule has 2 aromatic rings. The lowest BCUT2D eigenvalue weighted by Gasteiger charge is -2.07. The van der Waals surface area contributed by atoms with Crippen molar-refractivity contribution >= 4 is 11.6 Å². The molecule has 0 bridgehead atoms. The second kappa shape index (κ2) is 6.14. The van der Waals surface area contributed by atoms with Crippen molar-refractivity contribution in [2.45, 2.75) is 13.0 Å². The van der Waals surface area contributed by atoms with E-state index in [0.717, 1.165) is 17.7 Å². The summed E-state index contributed by atoms with van der Waals surface area (Å²) in [6.07, 6.45) is -0.333. The predicted molar refractivity (Wildman–Crippen MR) is 72.8 cm³/mol. The zero-order valence-corrected chi connectivity index (χ0v) is 10.7. The van der Waals surface area contributed by atoms with Crippen molar-refractivity contribution in [3.8, 4) is 0 Å². The molecule has 0 atom stereocenters. The molecule has 0 radical (unpaired) electrons. The van der Waals surface area contributed by atoms with Gasteiger partial charge in [0.05, 0.1) is 6.42 Å². The van der Waals surface area contributed by atoms with E-state index in [9.17, 15) is 13.6 Å². The van der Waals surface area contributed by atoms with E-state index in [4.69, 9.17) is 5.73 Å². The first-order valence-corrected chi connectivity index (χ1v) is 6.10. The monoisotopic (exact) mass is 276 g/mol. The molecule has 2 rings (SSSR count). The van der Waals surface area contributed by atoms with E-state index in [-0.39, 0.29) is 18.5 Å². The van der Waals surface area contributed by atoms with Crippen molar-refractivity contribution in [2.24, 2.45) is 0 Å². The van der Waals surface area contributed by atoms with Gasteiger partial charge in [0.15, 0.2) is 0 Å². The Morgan fingerprint density at radius 3 is 2.40 bits per heavy atom. The van der Waals surface area contributed by atoms with Crippen molar-refractivity contribution in [1.82, 2.24) is 5.32 Å². The van der Waals surface area contributed by atoms with Crippen LogP contribution in [0.5, 0.6) is 0 Å². The average Bonchev–Trinajstić information content (AvgIpc) is 2.41. The van der Waals surface area contributed by atoms with Gasteiger partial charge in [-0.3, -0.25) is 4.79 Å². The summed E-state index contributed by atoms with van der Waals surface area (Å²) in [5, 5.41) is 2.60. The Balaban J connectivity index is 1.96. The van der Waals surface area contributed by atoms with Gasteiger partial charge in [-0.15, -0.1) is 0 Å². The standard InChI is InChI=1S/C15H14F2N2O/c16-13-5-2-6-14(17)12(13)8-15(20)19-9-10-3-1-4-11(18)7-10/h1-7H,8-9,18H2,(H,19,20). The summed E-state index contributed by atoms with van der Waals surface area (Å²) in [6.45, 7) is 0.264. The summed E-state index contributed by atoms with van der Waals surface area (Å²) in [4.78, 5) is 11.7. The molecule has 0 aliphatic heterocycles. The Bertz CT molecular complexity index is 609. The molecule has 0 aliphatic rings. The number of benzene rings is 2. The number of anilines is 1. The molecule has 0 saturated heterocycles. The van der Waals surface area contributed by atoms with Crippen LogP contribution in [0.25, 0.3) is 0 Å². The van der Waals surface area contributed by atoms with E-state index in [1.807, 2.05) is 0 Å². The van der Waals surface area contributed by atoms with E-state index >= 15 is 0 Å².